The summed E-state index contributed by atoms with van der Waals surface area (Å²) in [6, 6.07) is 3.88. The van der Waals surface area contributed by atoms with Gasteiger partial charge in [0.25, 0.3) is 0 Å². The monoisotopic (exact) mass is 256 g/mol. The summed E-state index contributed by atoms with van der Waals surface area (Å²) < 4.78 is 0. The number of rotatable bonds is 2. The molecule has 1 N–H and O–H groups in total. The van der Waals surface area contributed by atoms with Crippen LogP contribution < -0.4 is 5.32 Å². The zero-order chi connectivity index (χ0) is 12.3. The van der Waals surface area contributed by atoms with Gasteiger partial charge in [-0.05, 0) is 11.5 Å². The van der Waals surface area contributed by atoms with E-state index in [2.05, 4.69) is 32.2 Å². The van der Waals surface area contributed by atoms with E-state index in [-0.39, 0.29) is 17.2 Å². The molecule has 0 fully saturated rings. The number of nitriles is 1. The number of halogens is 1. The maximum Gasteiger partial charge on any atom is 0.239 e. The van der Waals surface area contributed by atoms with E-state index < -0.39 is 0 Å². The lowest BCUT2D eigenvalue weighted by Gasteiger charge is -2.15. The molecule has 86 valence electrons. The molecule has 0 saturated heterocycles. The minimum atomic E-state index is -0.291. The van der Waals surface area contributed by atoms with Gasteiger partial charge < -0.3 is 5.32 Å². The predicted molar refractivity (Wildman–Crippen MR) is 67.1 cm³/mol. The van der Waals surface area contributed by atoms with Crippen LogP contribution in [0.4, 0.5) is 5.00 Å². The van der Waals surface area contributed by atoms with E-state index in [9.17, 15) is 4.79 Å². The van der Waals surface area contributed by atoms with Crippen molar-refractivity contribution in [3.05, 3.63) is 16.5 Å². The third kappa shape index (κ3) is 2.97. The highest BCUT2D eigenvalue weighted by Gasteiger charge is 2.20. The Morgan fingerprint density at radius 2 is 2.25 bits per heavy atom. The topological polar surface area (TPSA) is 52.9 Å². The summed E-state index contributed by atoms with van der Waals surface area (Å²) in [4.78, 5) is 12.2. The zero-order valence-electron chi connectivity index (χ0n) is 9.43. The molecule has 0 aliphatic carbocycles. The van der Waals surface area contributed by atoms with Crippen molar-refractivity contribution in [2.75, 3.05) is 11.2 Å². The van der Waals surface area contributed by atoms with Crippen molar-refractivity contribution >= 4 is 33.8 Å². The van der Waals surface area contributed by atoms with Gasteiger partial charge >= 0.3 is 0 Å². The van der Waals surface area contributed by atoms with E-state index in [4.69, 9.17) is 16.9 Å². The number of hydrogen-bond donors (Lipinski definition) is 1. The number of thiophene rings is 1. The zero-order valence-corrected chi connectivity index (χ0v) is 11.0. The second kappa shape index (κ2) is 4.86. The minimum absolute atomic E-state index is 0.0276. The van der Waals surface area contributed by atoms with Gasteiger partial charge in [0.1, 0.15) is 17.0 Å². The highest BCUT2D eigenvalue weighted by molar-refractivity contribution is 7.16. The molecule has 0 aliphatic heterocycles. The molecule has 5 heteroatoms. The summed E-state index contributed by atoms with van der Waals surface area (Å²) in [6.45, 7) is 6.19. The Kier molecular flexibility index (Phi) is 3.95. The number of alkyl halides is 1. The molecule has 0 aliphatic rings. The summed E-state index contributed by atoms with van der Waals surface area (Å²) in [6.07, 6.45) is 0. The normalized spacial score (nSPS) is 10.9. The molecule has 0 radical (unpaired) electrons. The molecule has 0 saturated carbocycles. The van der Waals surface area contributed by atoms with Crippen molar-refractivity contribution in [1.29, 1.82) is 5.26 Å². The van der Waals surface area contributed by atoms with E-state index in [0.29, 0.717) is 10.6 Å². The van der Waals surface area contributed by atoms with Crippen LogP contribution in [0.2, 0.25) is 0 Å². The van der Waals surface area contributed by atoms with Gasteiger partial charge in [0, 0.05) is 4.88 Å². The van der Waals surface area contributed by atoms with Crippen molar-refractivity contribution in [1.82, 2.24) is 0 Å². The lowest BCUT2D eigenvalue weighted by atomic mass is 9.94. The van der Waals surface area contributed by atoms with Crippen LogP contribution in [0, 0.1) is 11.3 Å². The first-order chi connectivity index (χ1) is 7.38. The van der Waals surface area contributed by atoms with E-state index in [1.165, 1.54) is 11.3 Å². The average molecular weight is 257 g/mol. The quantitative estimate of drug-likeness (QED) is 0.827. The Labute approximate surface area is 104 Å². The van der Waals surface area contributed by atoms with Crippen molar-refractivity contribution in [2.24, 2.45) is 0 Å². The fraction of sp³-hybridized carbons (Fsp3) is 0.455. The Bertz CT molecular complexity index is 440. The maximum atomic E-state index is 11.2. The average Bonchev–Trinajstić information content (AvgIpc) is 2.60. The summed E-state index contributed by atoms with van der Waals surface area (Å²) in [5, 5.41) is 12.2. The first-order valence-corrected chi connectivity index (χ1v) is 6.14. The number of carbonyl (C=O) groups excluding carboxylic acids is 1. The van der Waals surface area contributed by atoms with Crippen molar-refractivity contribution in [3.63, 3.8) is 0 Å². The second-order valence-corrected chi connectivity index (χ2v) is 5.72. The molecular formula is C11H13ClN2OS. The van der Waals surface area contributed by atoms with Crippen molar-refractivity contribution in [3.8, 4) is 6.07 Å². The molecule has 1 heterocycles. The van der Waals surface area contributed by atoms with Crippen LogP contribution in [0.3, 0.4) is 0 Å². The molecule has 0 spiro atoms. The molecule has 0 aromatic carbocycles. The number of carbonyl (C=O) groups is 1. The van der Waals surface area contributed by atoms with Crippen LogP contribution in [0.15, 0.2) is 6.07 Å². The Hall–Kier alpha value is -1.05. The van der Waals surface area contributed by atoms with Gasteiger partial charge in [0.05, 0.1) is 5.56 Å². The van der Waals surface area contributed by atoms with Gasteiger partial charge in [0.2, 0.25) is 5.91 Å². The number of anilines is 1. The van der Waals surface area contributed by atoms with Crippen LogP contribution >= 0.6 is 22.9 Å². The standard InChI is InChI=1S/C11H13ClN2OS/c1-11(2,3)8-4-7(6-13)10(16-8)14-9(15)5-12/h4H,5H2,1-3H3,(H,14,15). The largest absolute Gasteiger partial charge is 0.316 e. The molecule has 0 atom stereocenters. The fourth-order valence-electron chi connectivity index (χ4n) is 1.10. The van der Waals surface area contributed by atoms with Gasteiger partial charge in [-0.2, -0.15) is 5.26 Å². The molecule has 0 unspecified atom stereocenters. The van der Waals surface area contributed by atoms with Gasteiger partial charge in [-0.3, -0.25) is 4.79 Å². The van der Waals surface area contributed by atoms with E-state index >= 15 is 0 Å². The lowest BCUT2D eigenvalue weighted by molar-refractivity contribution is -0.113. The first-order valence-electron chi connectivity index (χ1n) is 4.78. The predicted octanol–water partition coefficient (Wildman–Crippen LogP) is 3.09. The summed E-state index contributed by atoms with van der Waals surface area (Å²) in [7, 11) is 0. The minimum Gasteiger partial charge on any atom is -0.316 e. The second-order valence-electron chi connectivity index (χ2n) is 4.40. The highest BCUT2D eigenvalue weighted by atomic mass is 35.5. The van der Waals surface area contributed by atoms with Crippen molar-refractivity contribution in [2.45, 2.75) is 26.2 Å². The van der Waals surface area contributed by atoms with Crippen LogP contribution in [0.25, 0.3) is 0 Å². The third-order valence-corrected chi connectivity index (χ3v) is 3.69. The molecular weight excluding hydrogens is 244 g/mol. The van der Waals surface area contributed by atoms with Crippen molar-refractivity contribution < 1.29 is 4.79 Å². The lowest BCUT2D eigenvalue weighted by Crippen LogP contribution is -2.12. The highest BCUT2D eigenvalue weighted by Crippen LogP contribution is 2.35. The summed E-state index contributed by atoms with van der Waals surface area (Å²) in [5.41, 5.74) is 0.466. The third-order valence-electron chi connectivity index (χ3n) is 1.97. The van der Waals surface area contributed by atoms with E-state index in [0.717, 1.165) is 4.88 Å². The molecule has 0 bridgehead atoms. The van der Waals surface area contributed by atoms with Gasteiger partial charge in [-0.25, -0.2) is 0 Å². The molecule has 1 rings (SSSR count). The fourth-order valence-corrected chi connectivity index (χ4v) is 2.25. The number of nitrogens with one attached hydrogen (secondary N) is 1. The van der Waals surface area contributed by atoms with Gasteiger partial charge in [-0.1, -0.05) is 20.8 Å². The number of amides is 1. The number of hydrogen-bond acceptors (Lipinski definition) is 3. The molecule has 1 aromatic heterocycles. The molecule has 1 aromatic rings. The first kappa shape index (κ1) is 13.0. The summed E-state index contributed by atoms with van der Waals surface area (Å²) >= 11 is 6.83. The van der Waals surface area contributed by atoms with Crippen LogP contribution in [-0.2, 0) is 10.2 Å². The Balaban J connectivity index is 3.06. The smallest absolute Gasteiger partial charge is 0.239 e. The van der Waals surface area contributed by atoms with E-state index in [1.54, 1.807) is 0 Å². The van der Waals surface area contributed by atoms with Crippen LogP contribution in [0.5, 0.6) is 0 Å². The number of nitrogens with zero attached hydrogens (tertiary/aromatic N) is 1. The summed E-state index contributed by atoms with van der Waals surface area (Å²) in [5.74, 6) is -0.395. The Morgan fingerprint density at radius 1 is 1.62 bits per heavy atom. The maximum absolute atomic E-state index is 11.2. The Morgan fingerprint density at radius 3 is 2.69 bits per heavy atom. The van der Waals surface area contributed by atoms with Crippen LogP contribution in [-0.4, -0.2) is 11.8 Å². The van der Waals surface area contributed by atoms with Gasteiger partial charge in [0.15, 0.2) is 0 Å². The van der Waals surface area contributed by atoms with E-state index in [1.807, 2.05) is 6.07 Å². The molecule has 1 amide bonds. The molecule has 16 heavy (non-hydrogen) atoms. The van der Waals surface area contributed by atoms with Gasteiger partial charge in [-0.15, -0.1) is 22.9 Å². The molecule has 3 nitrogen and oxygen atoms in total. The SMILES string of the molecule is CC(C)(C)c1cc(C#N)c(NC(=O)CCl)s1. The van der Waals surface area contributed by atoms with Crippen LogP contribution in [0.1, 0.15) is 31.2 Å².